The number of nitrogens with one attached hydrogen (secondary N) is 1. The minimum absolute atomic E-state index is 0.0232. The Bertz CT molecular complexity index is 1230. The van der Waals surface area contributed by atoms with Crippen molar-refractivity contribution in [2.45, 2.75) is 57.4 Å². The molecular formula is C25H32ClN3O8S. The van der Waals surface area contributed by atoms with Crippen molar-refractivity contribution in [1.29, 1.82) is 0 Å². The van der Waals surface area contributed by atoms with Gasteiger partial charge in [-0.25, -0.2) is 13.1 Å². The van der Waals surface area contributed by atoms with Crippen molar-refractivity contribution in [1.82, 2.24) is 4.72 Å². The van der Waals surface area contributed by atoms with Crippen LogP contribution < -0.4 is 9.46 Å². The smallest absolute Gasteiger partial charge is 0.269 e. The van der Waals surface area contributed by atoms with Gasteiger partial charge in [-0.15, -0.1) is 11.6 Å². The SMILES string of the molecule is CC(C)C(=NOC(C=CCCl)COc1ccc([N+](=O)[O-])cc1)C1=C(O)CC(S(=O)(=O)NC2CC2C)CC1=O. The summed E-state index contributed by atoms with van der Waals surface area (Å²) in [7, 11) is -3.78. The Labute approximate surface area is 226 Å². The molecule has 1 saturated carbocycles. The molecule has 4 unspecified atom stereocenters. The van der Waals surface area contributed by atoms with Crippen LogP contribution in [0.3, 0.4) is 0 Å². The van der Waals surface area contributed by atoms with Crippen LogP contribution in [0.25, 0.3) is 0 Å². The normalized spacial score (nSPS) is 23.1. The Kier molecular flexibility index (Phi) is 9.91. The summed E-state index contributed by atoms with van der Waals surface area (Å²) in [4.78, 5) is 29.0. The molecule has 0 bridgehead atoms. The number of carbonyl (C=O) groups is 1. The van der Waals surface area contributed by atoms with Crippen LogP contribution in [0.2, 0.25) is 0 Å². The molecule has 2 N–H and O–H groups in total. The molecule has 1 aromatic carbocycles. The number of Topliss-reactive ketones (excluding diaryl/α,β-unsaturated/α-hetero) is 1. The number of hydrogen-bond donors (Lipinski definition) is 2. The standard InChI is InChI=1S/C25H32ClN3O8S/c1-15(2)25(24-22(30)12-20(13-23(24)31)38(34,35)28-21-11-16(21)3)27-37-19(5-4-10-26)14-36-18-8-6-17(7-9-18)29(32)33/h4-9,15-16,19-21,28,30H,10-14H2,1-3H3. The topological polar surface area (TPSA) is 157 Å². The highest BCUT2D eigenvalue weighted by Crippen LogP contribution is 2.33. The van der Waals surface area contributed by atoms with Gasteiger partial charge in [-0.05, 0) is 36.5 Å². The number of nitro groups is 1. The van der Waals surface area contributed by atoms with Gasteiger partial charge in [0.1, 0.15) is 18.1 Å². The number of sulfonamides is 1. The minimum Gasteiger partial charge on any atom is -0.511 e. The number of oxime groups is 1. The summed E-state index contributed by atoms with van der Waals surface area (Å²) in [6.45, 7) is 5.45. The van der Waals surface area contributed by atoms with E-state index in [0.29, 0.717) is 5.75 Å². The zero-order valence-electron chi connectivity index (χ0n) is 21.4. The number of allylic oxidation sites excluding steroid dienone is 3. The quantitative estimate of drug-likeness (QED) is 0.118. The van der Waals surface area contributed by atoms with E-state index in [0.717, 1.165) is 6.42 Å². The molecule has 0 radical (unpaired) electrons. The molecule has 0 amide bonds. The summed E-state index contributed by atoms with van der Waals surface area (Å²) in [6, 6.07) is 5.40. The lowest BCUT2D eigenvalue weighted by Gasteiger charge is -2.25. The fourth-order valence-electron chi connectivity index (χ4n) is 3.89. The average molecular weight is 570 g/mol. The van der Waals surface area contributed by atoms with Gasteiger partial charge in [-0.2, -0.15) is 0 Å². The third-order valence-corrected chi connectivity index (χ3v) is 8.28. The van der Waals surface area contributed by atoms with Crippen molar-refractivity contribution in [2.75, 3.05) is 12.5 Å². The number of benzene rings is 1. The Balaban J connectivity index is 1.75. The summed E-state index contributed by atoms with van der Waals surface area (Å²) in [6.07, 6.45) is 2.77. The molecule has 1 fully saturated rings. The summed E-state index contributed by atoms with van der Waals surface area (Å²) in [5.41, 5.74) is 0.0749. The van der Waals surface area contributed by atoms with Gasteiger partial charge in [0.2, 0.25) is 10.0 Å². The van der Waals surface area contributed by atoms with Crippen LogP contribution in [-0.4, -0.2) is 59.8 Å². The molecule has 4 atom stereocenters. The predicted octanol–water partition coefficient (Wildman–Crippen LogP) is 4.04. The molecule has 0 aromatic heterocycles. The Morgan fingerprint density at radius 3 is 2.50 bits per heavy atom. The molecule has 0 saturated heterocycles. The molecule has 2 aliphatic carbocycles. The highest BCUT2D eigenvalue weighted by molar-refractivity contribution is 7.90. The number of carbonyl (C=O) groups excluding carboxylic acids is 1. The highest BCUT2D eigenvalue weighted by Gasteiger charge is 2.42. The molecule has 0 spiro atoms. The third kappa shape index (κ3) is 7.78. The van der Waals surface area contributed by atoms with Crippen LogP contribution in [0, 0.1) is 22.0 Å². The molecule has 3 rings (SSSR count). The van der Waals surface area contributed by atoms with E-state index in [9.17, 15) is 28.4 Å². The van der Waals surface area contributed by atoms with Crippen molar-refractivity contribution in [3.63, 3.8) is 0 Å². The molecule has 0 heterocycles. The van der Waals surface area contributed by atoms with Crippen molar-refractivity contribution in [3.05, 3.63) is 57.9 Å². The van der Waals surface area contributed by atoms with E-state index < -0.39 is 32.1 Å². The first-order valence-corrected chi connectivity index (χ1v) is 14.3. The number of ketones is 1. The molecule has 13 heteroatoms. The molecular weight excluding hydrogens is 538 g/mol. The molecule has 38 heavy (non-hydrogen) atoms. The Hall–Kier alpha value is -2.96. The Morgan fingerprint density at radius 1 is 1.32 bits per heavy atom. The maximum absolute atomic E-state index is 13.0. The lowest BCUT2D eigenvalue weighted by atomic mass is 9.88. The lowest BCUT2D eigenvalue weighted by Crippen LogP contribution is -2.41. The summed E-state index contributed by atoms with van der Waals surface area (Å²) < 4.78 is 33.7. The van der Waals surface area contributed by atoms with Crippen LogP contribution in [0.4, 0.5) is 5.69 Å². The van der Waals surface area contributed by atoms with Crippen molar-refractivity contribution in [2.24, 2.45) is 17.0 Å². The van der Waals surface area contributed by atoms with Crippen molar-refractivity contribution >= 4 is 38.8 Å². The van der Waals surface area contributed by atoms with Crippen LogP contribution in [0.1, 0.15) is 40.0 Å². The van der Waals surface area contributed by atoms with Crippen LogP contribution >= 0.6 is 11.6 Å². The number of non-ortho nitro benzene ring substituents is 1. The van der Waals surface area contributed by atoms with Crippen LogP contribution in [0.5, 0.6) is 5.75 Å². The van der Waals surface area contributed by atoms with Gasteiger partial charge < -0.3 is 14.7 Å². The number of aliphatic hydroxyl groups excluding tert-OH is 1. The first-order chi connectivity index (χ1) is 17.9. The zero-order chi connectivity index (χ0) is 28.0. The van der Waals surface area contributed by atoms with Gasteiger partial charge in [-0.1, -0.05) is 32.0 Å². The molecule has 11 nitrogen and oxygen atoms in total. The molecule has 0 aliphatic heterocycles. The minimum atomic E-state index is -3.78. The van der Waals surface area contributed by atoms with E-state index >= 15 is 0 Å². The Morgan fingerprint density at radius 2 is 1.97 bits per heavy atom. The van der Waals surface area contributed by atoms with E-state index in [1.54, 1.807) is 26.0 Å². The van der Waals surface area contributed by atoms with E-state index in [-0.39, 0.29) is 65.9 Å². The summed E-state index contributed by atoms with van der Waals surface area (Å²) in [5, 5.41) is 24.7. The highest BCUT2D eigenvalue weighted by atomic mass is 35.5. The molecule has 2 aliphatic rings. The van der Waals surface area contributed by atoms with Gasteiger partial charge >= 0.3 is 0 Å². The predicted molar refractivity (Wildman–Crippen MR) is 143 cm³/mol. The lowest BCUT2D eigenvalue weighted by molar-refractivity contribution is -0.384. The number of hydrogen-bond acceptors (Lipinski definition) is 9. The fourth-order valence-corrected chi connectivity index (χ4v) is 5.69. The second kappa shape index (κ2) is 12.7. The van der Waals surface area contributed by atoms with E-state index in [1.165, 1.54) is 24.3 Å². The second-order valence-electron chi connectivity index (χ2n) is 9.68. The number of nitrogens with zero attached hydrogens (tertiary/aromatic N) is 2. The van der Waals surface area contributed by atoms with Gasteiger partial charge in [-0.3, -0.25) is 14.9 Å². The first kappa shape index (κ1) is 29.6. The number of ether oxygens (including phenoxy) is 1. The summed E-state index contributed by atoms with van der Waals surface area (Å²) in [5.74, 6) is -0.369. The van der Waals surface area contributed by atoms with Gasteiger partial charge in [0.05, 0.1) is 21.5 Å². The number of halogens is 1. The molecule has 1 aromatic rings. The van der Waals surface area contributed by atoms with Crippen LogP contribution in [0.15, 0.2) is 52.9 Å². The maximum atomic E-state index is 13.0. The first-order valence-electron chi connectivity index (χ1n) is 12.2. The number of nitro benzene ring substituents is 1. The third-order valence-electron chi connectivity index (χ3n) is 6.26. The van der Waals surface area contributed by atoms with E-state index in [1.807, 2.05) is 6.92 Å². The van der Waals surface area contributed by atoms with Crippen molar-refractivity contribution < 1.29 is 32.8 Å². The van der Waals surface area contributed by atoms with Gasteiger partial charge in [0, 0.05) is 36.9 Å². The monoisotopic (exact) mass is 569 g/mol. The van der Waals surface area contributed by atoms with Crippen LogP contribution in [-0.2, 0) is 19.7 Å². The van der Waals surface area contributed by atoms with E-state index in [4.69, 9.17) is 21.2 Å². The van der Waals surface area contributed by atoms with Crippen molar-refractivity contribution in [3.8, 4) is 5.75 Å². The van der Waals surface area contributed by atoms with Gasteiger partial charge in [0.15, 0.2) is 11.9 Å². The second-order valence-corrected chi connectivity index (χ2v) is 12.0. The molecule has 208 valence electrons. The zero-order valence-corrected chi connectivity index (χ0v) is 22.9. The number of alkyl halides is 1. The maximum Gasteiger partial charge on any atom is 0.269 e. The fraction of sp³-hybridized carbons (Fsp3) is 0.520. The average Bonchev–Trinajstić information content (AvgIpc) is 3.54. The number of aliphatic hydroxyl groups is 1. The summed E-state index contributed by atoms with van der Waals surface area (Å²) >= 11 is 5.75. The number of rotatable bonds is 13. The van der Waals surface area contributed by atoms with Gasteiger partial charge in [0.25, 0.3) is 5.69 Å². The largest absolute Gasteiger partial charge is 0.511 e. The van der Waals surface area contributed by atoms with E-state index in [2.05, 4.69) is 9.88 Å².